The summed E-state index contributed by atoms with van der Waals surface area (Å²) in [7, 11) is 0. The number of benzene rings is 1. The number of aliphatic hydroxyl groups excluding tert-OH is 1. The number of hydrogen-bond donors (Lipinski definition) is 1. The zero-order chi connectivity index (χ0) is 14.0. The predicted octanol–water partition coefficient (Wildman–Crippen LogP) is 4.88. The van der Waals surface area contributed by atoms with Crippen LogP contribution in [-0.4, -0.2) is 5.11 Å². The molecule has 1 fully saturated rings. The summed E-state index contributed by atoms with van der Waals surface area (Å²) in [5, 5.41) is 10.6. The Labute approximate surface area is 118 Å². The number of hydrogen-bond acceptors (Lipinski definition) is 1. The summed E-state index contributed by atoms with van der Waals surface area (Å²) in [5.41, 5.74) is 2.76. The van der Waals surface area contributed by atoms with Crippen molar-refractivity contribution in [3.05, 3.63) is 35.4 Å². The van der Waals surface area contributed by atoms with Crippen LogP contribution in [0.1, 0.15) is 63.7 Å². The molecule has 19 heavy (non-hydrogen) atoms. The molecule has 0 heterocycles. The van der Waals surface area contributed by atoms with E-state index in [1.807, 2.05) is 12.1 Å². The first-order chi connectivity index (χ1) is 8.89. The molecule has 0 saturated heterocycles. The fraction of sp³-hybridized carbons (Fsp3) is 0.667. The van der Waals surface area contributed by atoms with Crippen molar-refractivity contribution in [2.45, 2.75) is 59.5 Å². The van der Waals surface area contributed by atoms with Crippen LogP contribution in [0.25, 0.3) is 0 Å². The van der Waals surface area contributed by atoms with E-state index in [4.69, 9.17) is 0 Å². The number of aryl methyl sites for hydroxylation is 1. The van der Waals surface area contributed by atoms with Gasteiger partial charge in [0.05, 0.1) is 6.10 Å². The molecule has 106 valence electrons. The lowest BCUT2D eigenvalue weighted by Crippen LogP contribution is -2.28. The third-order valence-electron chi connectivity index (χ3n) is 4.95. The molecule has 1 N–H and O–H groups in total. The summed E-state index contributed by atoms with van der Waals surface area (Å²) < 4.78 is 0. The average Bonchev–Trinajstić information content (AvgIpc) is 2.38. The van der Waals surface area contributed by atoms with Crippen molar-refractivity contribution in [2.75, 3.05) is 0 Å². The topological polar surface area (TPSA) is 20.2 Å². The molecule has 0 amide bonds. The quantitative estimate of drug-likeness (QED) is 0.803. The molecule has 1 aliphatic carbocycles. The van der Waals surface area contributed by atoms with E-state index in [0.717, 1.165) is 24.3 Å². The van der Waals surface area contributed by atoms with Crippen molar-refractivity contribution in [2.24, 2.45) is 17.3 Å². The van der Waals surface area contributed by atoms with Gasteiger partial charge in [-0.2, -0.15) is 0 Å². The Morgan fingerprint density at radius 2 is 1.63 bits per heavy atom. The monoisotopic (exact) mass is 260 g/mol. The zero-order valence-electron chi connectivity index (χ0n) is 12.8. The zero-order valence-corrected chi connectivity index (χ0v) is 12.8. The Balaban J connectivity index is 2.00. The van der Waals surface area contributed by atoms with Gasteiger partial charge in [0, 0.05) is 0 Å². The normalized spacial score (nSPS) is 26.2. The first kappa shape index (κ1) is 14.6. The van der Waals surface area contributed by atoms with E-state index in [-0.39, 0.29) is 6.10 Å². The van der Waals surface area contributed by atoms with E-state index < -0.39 is 0 Å². The molecule has 1 aliphatic rings. The van der Waals surface area contributed by atoms with E-state index in [2.05, 4.69) is 39.8 Å². The van der Waals surface area contributed by atoms with Crippen molar-refractivity contribution in [1.82, 2.24) is 0 Å². The lowest BCUT2D eigenvalue weighted by molar-refractivity contribution is 0.0524. The van der Waals surface area contributed by atoms with Gasteiger partial charge in [-0.1, -0.05) is 45.0 Å². The van der Waals surface area contributed by atoms with Gasteiger partial charge in [-0.15, -0.1) is 0 Å². The minimum Gasteiger partial charge on any atom is -0.388 e. The highest BCUT2D eigenvalue weighted by Gasteiger charge is 2.32. The van der Waals surface area contributed by atoms with Gasteiger partial charge in [0.1, 0.15) is 0 Å². The molecule has 0 aromatic heterocycles. The van der Waals surface area contributed by atoms with Crippen LogP contribution in [0.15, 0.2) is 24.3 Å². The highest BCUT2D eigenvalue weighted by atomic mass is 16.3. The highest BCUT2D eigenvalue weighted by Crippen LogP contribution is 2.43. The molecule has 2 rings (SSSR count). The Bertz CT molecular complexity index is 408. The minimum atomic E-state index is -0.276. The van der Waals surface area contributed by atoms with Gasteiger partial charge < -0.3 is 5.11 Å². The molecule has 1 atom stereocenters. The first-order valence-electron chi connectivity index (χ1n) is 7.63. The third kappa shape index (κ3) is 3.39. The van der Waals surface area contributed by atoms with Gasteiger partial charge in [-0.05, 0) is 61.0 Å². The maximum Gasteiger partial charge on any atom is 0.0820 e. The molecule has 0 spiro atoms. The maximum atomic E-state index is 10.6. The SMILES string of the molecule is Cc1ccccc1C(O)C1CCC(C(C)(C)C)CC1. The molecule has 0 aliphatic heterocycles. The maximum absolute atomic E-state index is 10.6. The number of rotatable bonds is 2. The third-order valence-corrected chi connectivity index (χ3v) is 4.95. The van der Waals surface area contributed by atoms with Crippen molar-refractivity contribution in [3.8, 4) is 0 Å². The van der Waals surface area contributed by atoms with Crippen LogP contribution in [-0.2, 0) is 0 Å². The smallest absolute Gasteiger partial charge is 0.0820 e. The molecular formula is C18H28O. The summed E-state index contributed by atoms with van der Waals surface area (Å²) in [6.07, 6.45) is 4.57. The summed E-state index contributed by atoms with van der Waals surface area (Å²) in [6, 6.07) is 8.25. The number of aliphatic hydroxyl groups is 1. The van der Waals surface area contributed by atoms with Crippen LogP contribution in [0, 0.1) is 24.2 Å². The second-order valence-corrected chi connectivity index (χ2v) is 7.28. The lowest BCUT2D eigenvalue weighted by atomic mass is 9.68. The van der Waals surface area contributed by atoms with Gasteiger partial charge >= 0.3 is 0 Å². The van der Waals surface area contributed by atoms with Crippen LogP contribution in [0.3, 0.4) is 0 Å². The van der Waals surface area contributed by atoms with Gasteiger partial charge in [-0.3, -0.25) is 0 Å². The average molecular weight is 260 g/mol. The van der Waals surface area contributed by atoms with E-state index in [0.29, 0.717) is 11.3 Å². The fourth-order valence-corrected chi connectivity index (χ4v) is 3.47. The van der Waals surface area contributed by atoms with Crippen LogP contribution in [0.2, 0.25) is 0 Å². The molecule has 1 aromatic rings. The van der Waals surface area contributed by atoms with Gasteiger partial charge in [-0.25, -0.2) is 0 Å². The Kier molecular flexibility index (Phi) is 4.35. The Morgan fingerprint density at radius 3 is 2.16 bits per heavy atom. The predicted molar refractivity (Wildman–Crippen MR) is 81.0 cm³/mol. The summed E-state index contributed by atoms with van der Waals surface area (Å²) in [5.74, 6) is 1.26. The Hall–Kier alpha value is -0.820. The van der Waals surface area contributed by atoms with Crippen molar-refractivity contribution in [3.63, 3.8) is 0 Å². The molecule has 0 radical (unpaired) electrons. The van der Waals surface area contributed by atoms with Gasteiger partial charge in [0.15, 0.2) is 0 Å². The van der Waals surface area contributed by atoms with Crippen LogP contribution < -0.4 is 0 Å². The van der Waals surface area contributed by atoms with Crippen molar-refractivity contribution < 1.29 is 5.11 Å². The second-order valence-electron chi connectivity index (χ2n) is 7.28. The van der Waals surface area contributed by atoms with E-state index in [1.54, 1.807) is 0 Å². The Morgan fingerprint density at radius 1 is 1.05 bits per heavy atom. The summed E-state index contributed by atoms with van der Waals surface area (Å²) in [4.78, 5) is 0. The van der Waals surface area contributed by atoms with E-state index in [9.17, 15) is 5.11 Å². The molecule has 1 unspecified atom stereocenters. The molecule has 0 bridgehead atoms. The fourth-order valence-electron chi connectivity index (χ4n) is 3.47. The molecule has 1 nitrogen and oxygen atoms in total. The first-order valence-corrected chi connectivity index (χ1v) is 7.63. The molecular weight excluding hydrogens is 232 g/mol. The lowest BCUT2D eigenvalue weighted by Gasteiger charge is -2.38. The van der Waals surface area contributed by atoms with E-state index in [1.165, 1.54) is 18.4 Å². The molecule has 1 aromatic carbocycles. The highest BCUT2D eigenvalue weighted by molar-refractivity contribution is 5.28. The van der Waals surface area contributed by atoms with E-state index >= 15 is 0 Å². The van der Waals surface area contributed by atoms with Crippen molar-refractivity contribution >= 4 is 0 Å². The van der Waals surface area contributed by atoms with Gasteiger partial charge in [0.2, 0.25) is 0 Å². The molecule has 1 heteroatoms. The standard InChI is InChI=1S/C18H28O/c1-13-7-5-6-8-16(13)17(19)14-9-11-15(12-10-14)18(2,3)4/h5-8,14-15,17,19H,9-12H2,1-4H3. The van der Waals surface area contributed by atoms with Crippen LogP contribution >= 0.6 is 0 Å². The van der Waals surface area contributed by atoms with Gasteiger partial charge in [0.25, 0.3) is 0 Å². The summed E-state index contributed by atoms with van der Waals surface area (Å²) >= 11 is 0. The second kappa shape index (κ2) is 5.66. The largest absolute Gasteiger partial charge is 0.388 e. The van der Waals surface area contributed by atoms with Crippen molar-refractivity contribution in [1.29, 1.82) is 0 Å². The minimum absolute atomic E-state index is 0.276. The van der Waals surface area contributed by atoms with Crippen LogP contribution in [0.5, 0.6) is 0 Å². The molecule has 1 saturated carbocycles. The van der Waals surface area contributed by atoms with Crippen LogP contribution in [0.4, 0.5) is 0 Å². The summed E-state index contributed by atoms with van der Waals surface area (Å²) in [6.45, 7) is 9.13.